The van der Waals surface area contributed by atoms with Gasteiger partial charge in [-0.3, -0.25) is 58.5 Å². The number of ether oxygens (including phenoxy) is 3. The average molecular weight is 1000 g/mol. The molecule has 0 unspecified atom stereocenters. The Morgan fingerprint density at radius 1 is 0.845 bits per heavy atom. The molecule has 3 aliphatic rings. The Morgan fingerprint density at radius 3 is 1.92 bits per heavy atom. The number of esters is 2. The highest BCUT2D eigenvalue weighted by Crippen LogP contribution is 2.28. The maximum atomic E-state index is 14.4. The molecular formula is C51H85N9O11. The predicted molar refractivity (Wildman–Crippen MR) is 269 cm³/mol. The molecule has 0 aliphatic carbocycles. The number of Topliss-reactive ketones (excluding diaryl/α,β-unsaturated/α-hetero) is 2. The molecule has 0 aromatic heterocycles. The third-order valence-electron chi connectivity index (χ3n) is 12.2. The van der Waals surface area contributed by atoms with E-state index in [9.17, 15) is 38.8 Å². The highest BCUT2D eigenvalue weighted by Gasteiger charge is 2.37. The number of hydroxylamine groups is 1. The third-order valence-corrected chi connectivity index (χ3v) is 12.2. The summed E-state index contributed by atoms with van der Waals surface area (Å²) in [4.78, 5) is 105. The minimum Gasteiger partial charge on any atom is -0.494 e. The Kier molecular flexibility index (Phi) is 25.4. The van der Waals surface area contributed by atoms with E-state index in [4.69, 9.17) is 19.9 Å². The van der Waals surface area contributed by atoms with Crippen LogP contribution in [0.25, 0.3) is 0 Å². The zero-order valence-corrected chi connectivity index (χ0v) is 43.9. The van der Waals surface area contributed by atoms with Crippen molar-refractivity contribution >= 4 is 47.2 Å². The van der Waals surface area contributed by atoms with Crippen LogP contribution in [0.5, 0.6) is 5.75 Å². The second-order valence-corrected chi connectivity index (χ2v) is 21.2. The number of fused-ring (bicyclic) bond motifs is 11. The molecule has 1 fully saturated rings. The van der Waals surface area contributed by atoms with Crippen LogP contribution in [0, 0.1) is 23.7 Å². The SMILES string of the molecule is CN=C(N)NCCC[C@H](CC(=O)[C@@H]1Cc2ccc(cc2)OCCC[C@H](C(=O)NO)[C@@H](CC(C)C)C(=O)N1)C(=O)CCCNC(=O)CN1CCN(CC(=O)OC(C)(C)C)CCN(CC(=O)OC(C)(C)C)CC1. The van der Waals surface area contributed by atoms with Crippen LogP contribution < -0.4 is 31.9 Å². The van der Waals surface area contributed by atoms with Crippen molar-refractivity contribution in [3.05, 3.63) is 29.8 Å². The van der Waals surface area contributed by atoms with Crippen molar-refractivity contribution in [2.45, 2.75) is 130 Å². The number of amides is 3. The van der Waals surface area contributed by atoms with Gasteiger partial charge in [0.25, 0.3) is 0 Å². The van der Waals surface area contributed by atoms with Crippen molar-refractivity contribution in [2.24, 2.45) is 34.4 Å². The molecule has 0 radical (unpaired) electrons. The molecule has 3 amide bonds. The number of hydrogen-bond acceptors (Lipinski definition) is 15. The lowest BCUT2D eigenvalue weighted by Crippen LogP contribution is -2.49. The summed E-state index contributed by atoms with van der Waals surface area (Å²) in [7, 11) is 1.55. The van der Waals surface area contributed by atoms with Gasteiger partial charge < -0.3 is 35.9 Å². The number of carbonyl (C=O) groups excluding carboxylic acids is 7. The fourth-order valence-electron chi connectivity index (χ4n) is 8.67. The lowest BCUT2D eigenvalue weighted by atomic mass is 9.81. The van der Waals surface area contributed by atoms with E-state index in [1.165, 1.54) is 0 Å². The molecule has 1 aromatic rings. The minimum atomic E-state index is -1.03. The second-order valence-electron chi connectivity index (χ2n) is 21.2. The summed E-state index contributed by atoms with van der Waals surface area (Å²) in [6.07, 6.45) is 2.23. The standard InChI is InChI=1S/C51H85N9O11/c1-35(2)29-40-39(48(67)57-68)14-12-28-69-38-18-16-36(17-19-38)30-41(56-47(40)66)43(62)31-37(13-10-21-55-49(52)53-9)42(61)15-11-20-54-44(63)32-58-22-24-59(33-45(64)70-50(3,4)5)26-27-60(25-23-58)34-46(65)71-51(6,7)8/h16-19,35,37,39-41,68H,10-15,20-34H2,1-9H3,(H,54,63)(H,56,66)(H,57,67)(H3,52,53,55)/t37-,39+,40-,41+/m1/s1. The zero-order valence-electron chi connectivity index (χ0n) is 43.9. The molecule has 3 heterocycles. The Morgan fingerprint density at radius 2 is 1.39 bits per heavy atom. The summed E-state index contributed by atoms with van der Waals surface area (Å²) in [6.45, 7) is 18.8. The first-order valence-electron chi connectivity index (χ1n) is 25.3. The Labute approximate surface area is 421 Å². The van der Waals surface area contributed by atoms with Crippen LogP contribution in [0.3, 0.4) is 0 Å². The lowest BCUT2D eigenvalue weighted by molar-refractivity contribution is -0.158. The number of aliphatic imine (C=N–C) groups is 1. The summed E-state index contributed by atoms with van der Waals surface area (Å²) >= 11 is 0. The summed E-state index contributed by atoms with van der Waals surface area (Å²) in [5, 5.41) is 18.6. The van der Waals surface area contributed by atoms with Gasteiger partial charge in [-0.25, -0.2) is 5.48 Å². The first-order valence-corrected chi connectivity index (χ1v) is 25.3. The summed E-state index contributed by atoms with van der Waals surface area (Å²) in [5.41, 5.74) is 7.05. The zero-order chi connectivity index (χ0) is 52.7. The molecule has 4 atom stereocenters. The van der Waals surface area contributed by atoms with Gasteiger partial charge in [0.05, 0.1) is 38.2 Å². The maximum Gasteiger partial charge on any atom is 0.320 e. The summed E-state index contributed by atoms with van der Waals surface area (Å²) in [6, 6.07) is 6.22. The van der Waals surface area contributed by atoms with E-state index in [2.05, 4.69) is 20.9 Å². The number of ketones is 2. The third kappa shape index (κ3) is 24.2. The molecule has 0 spiro atoms. The van der Waals surface area contributed by atoms with Crippen LogP contribution in [-0.4, -0.2) is 170 Å². The lowest BCUT2D eigenvalue weighted by Gasteiger charge is -2.29. The van der Waals surface area contributed by atoms with Gasteiger partial charge in [0, 0.05) is 84.1 Å². The number of benzene rings is 1. The average Bonchev–Trinajstić information content (AvgIpc) is 3.36. The van der Waals surface area contributed by atoms with E-state index < -0.39 is 46.8 Å². The van der Waals surface area contributed by atoms with Gasteiger partial charge in [0.2, 0.25) is 17.7 Å². The number of nitrogens with zero attached hydrogens (tertiary/aromatic N) is 4. The fourth-order valence-corrected chi connectivity index (χ4v) is 8.67. The molecule has 7 N–H and O–H groups in total. The van der Waals surface area contributed by atoms with Gasteiger partial charge in [-0.2, -0.15) is 0 Å². The summed E-state index contributed by atoms with van der Waals surface area (Å²) in [5.74, 6) is -4.23. The Balaban J connectivity index is 1.74. The molecule has 20 heteroatoms. The highest BCUT2D eigenvalue weighted by molar-refractivity contribution is 5.95. The Hall–Kier alpha value is -5.18. The van der Waals surface area contributed by atoms with Gasteiger partial charge in [0.15, 0.2) is 11.7 Å². The highest BCUT2D eigenvalue weighted by atomic mass is 16.6. The first kappa shape index (κ1) is 60.1. The van der Waals surface area contributed by atoms with Gasteiger partial charge in [-0.15, -0.1) is 0 Å². The van der Waals surface area contributed by atoms with E-state index in [1.54, 1.807) is 24.7 Å². The number of hydrogen-bond donors (Lipinski definition) is 6. The van der Waals surface area contributed by atoms with Gasteiger partial charge >= 0.3 is 11.9 Å². The van der Waals surface area contributed by atoms with E-state index in [-0.39, 0.29) is 93.2 Å². The fraction of sp³-hybridized carbons (Fsp3) is 0.725. The largest absolute Gasteiger partial charge is 0.494 e. The maximum absolute atomic E-state index is 14.4. The van der Waals surface area contributed by atoms with Crippen molar-refractivity contribution in [3.63, 3.8) is 0 Å². The number of carbonyl (C=O) groups is 7. The summed E-state index contributed by atoms with van der Waals surface area (Å²) < 4.78 is 17.1. The van der Waals surface area contributed by atoms with Crippen LogP contribution in [0.4, 0.5) is 0 Å². The second kappa shape index (κ2) is 30.0. The van der Waals surface area contributed by atoms with Crippen molar-refractivity contribution in [1.29, 1.82) is 0 Å². The van der Waals surface area contributed by atoms with E-state index in [0.717, 1.165) is 5.56 Å². The van der Waals surface area contributed by atoms with Crippen molar-refractivity contribution < 1.29 is 53.0 Å². The van der Waals surface area contributed by atoms with Gasteiger partial charge in [-0.05, 0) is 110 Å². The normalized spacial score (nSPS) is 20.0. The molecule has 20 nitrogen and oxygen atoms in total. The van der Waals surface area contributed by atoms with Crippen LogP contribution in [0.2, 0.25) is 0 Å². The number of nitrogens with one attached hydrogen (secondary N) is 4. The van der Waals surface area contributed by atoms with Crippen LogP contribution in [-0.2, 0) is 49.5 Å². The van der Waals surface area contributed by atoms with Crippen molar-refractivity contribution in [3.8, 4) is 5.75 Å². The number of rotatable bonds is 21. The Bertz CT molecular complexity index is 1870. The molecule has 3 aliphatic heterocycles. The van der Waals surface area contributed by atoms with Crippen LogP contribution >= 0.6 is 0 Å². The monoisotopic (exact) mass is 1000 g/mol. The topological polar surface area (TPSA) is 264 Å². The quantitative estimate of drug-likeness (QED) is 0.0258. The minimum absolute atomic E-state index is 0.0120. The van der Waals surface area contributed by atoms with Crippen LogP contribution in [0.15, 0.2) is 29.3 Å². The van der Waals surface area contributed by atoms with E-state index in [1.807, 2.05) is 82.2 Å². The molecule has 400 valence electrons. The molecule has 1 saturated heterocycles. The molecule has 2 bridgehead atoms. The van der Waals surface area contributed by atoms with Crippen LogP contribution in [0.1, 0.15) is 112 Å². The molecular weight excluding hydrogens is 915 g/mol. The smallest absolute Gasteiger partial charge is 0.320 e. The van der Waals surface area contributed by atoms with E-state index >= 15 is 0 Å². The first-order chi connectivity index (χ1) is 33.4. The van der Waals surface area contributed by atoms with Gasteiger partial charge in [0.1, 0.15) is 22.7 Å². The predicted octanol–water partition coefficient (Wildman–Crippen LogP) is 2.63. The molecule has 0 saturated carbocycles. The molecule has 1 aromatic carbocycles. The number of guanidine groups is 1. The van der Waals surface area contributed by atoms with Crippen molar-refractivity contribution in [1.82, 2.24) is 36.1 Å². The molecule has 4 rings (SSSR count). The number of nitrogens with two attached hydrogens (primary N) is 1. The van der Waals surface area contributed by atoms with Gasteiger partial charge in [-0.1, -0.05) is 26.0 Å². The molecule has 71 heavy (non-hydrogen) atoms. The van der Waals surface area contributed by atoms with Crippen molar-refractivity contribution in [2.75, 3.05) is 85.6 Å². The van der Waals surface area contributed by atoms with E-state index in [0.29, 0.717) is 90.3 Å².